The van der Waals surface area contributed by atoms with E-state index in [0.717, 1.165) is 37.2 Å². The van der Waals surface area contributed by atoms with Crippen LogP contribution in [0, 0.1) is 0 Å². The van der Waals surface area contributed by atoms with Crippen molar-refractivity contribution in [2.75, 3.05) is 29.0 Å². The number of anilines is 3. The Balaban J connectivity index is 1.85. The van der Waals surface area contributed by atoms with E-state index in [-0.39, 0.29) is 17.6 Å². The van der Waals surface area contributed by atoms with Gasteiger partial charge in [0.15, 0.2) is 5.69 Å². The summed E-state index contributed by atoms with van der Waals surface area (Å²) in [4.78, 5) is 23.8. The SMILES string of the molecule is C=C/C=C\C=C(/C)c1ccc(N)c(C(=O)Nc2cnccc2N2CCC[C@H](N)C2)n1. The fraction of sp³-hybridized carbons (Fsp3) is 0.261. The fourth-order valence-electron chi connectivity index (χ4n) is 3.40. The molecular formula is C23H28N6O. The van der Waals surface area contributed by atoms with Gasteiger partial charge in [-0.3, -0.25) is 9.78 Å². The Morgan fingerprint density at radius 2 is 2.17 bits per heavy atom. The molecule has 1 aliphatic rings. The molecule has 156 valence electrons. The first-order valence-electron chi connectivity index (χ1n) is 9.98. The van der Waals surface area contributed by atoms with Crippen LogP contribution in [-0.4, -0.2) is 35.0 Å². The third-order valence-corrected chi connectivity index (χ3v) is 4.98. The number of rotatable bonds is 6. The van der Waals surface area contributed by atoms with E-state index < -0.39 is 0 Å². The molecule has 0 spiro atoms. The molecule has 1 fully saturated rings. The Labute approximate surface area is 177 Å². The van der Waals surface area contributed by atoms with Crippen LogP contribution in [0.3, 0.4) is 0 Å². The molecule has 7 nitrogen and oxygen atoms in total. The number of nitrogens with zero attached hydrogens (tertiary/aromatic N) is 3. The summed E-state index contributed by atoms with van der Waals surface area (Å²) in [6, 6.07) is 5.50. The van der Waals surface area contributed by atoms with Gasteiger partial charge in [0.05, 0.1) is 29.0 Å². The third kappa shape index (κ3) is 5.12. The van der Waals surface area contributed by atoms with E-state index >= 15 is 0 Å². The van der Waals surface area contributed by atoms with E-state index in [1.807, 2.05) is 31.2 Å². The van der Waals surface area contributed by atoms with Crippen molar-refractivity contribution in [3.63, 3.8) is 0 Å². The minimum absolute atomic E-state index is 0.120. The highest BCUT2D eigenvalue weighted by Gasteiger charge is 2.21. The number of nitrogens with two attached hydrogens (primary N) is 2. The number of hydrogen-bond donors (Lipinski definition) is 3. The average molecular weight is 405 g/mol. The summed E-state index contributed by atoms with van der Waals surface area (Å²) in [6.45, 7) is 7.20. The Hall–Kier alpha value is -3.45. The smallest absolute Gasteiger partial charge is 0.276 e. The zero-order valence-corrected chi connectivity index (χ0v) is 17.2. The van der Waals surface area contributed by atoms with Gasteiger partial charge >= 0.3 is 0 Å². The van der Waals surface area contributed by atoms with Crippen molar-refractivity contribution in [1.29, 1.82) is 0 Å². The molecule has 2 aromatic rings. The van der Waals surface area contributed by atoms with E-state index in [0.29, 0.717) is 17.1 Å². The van der Waals surface area contributed by atoms with Crippen molar-refractivity contribution >= 4 is 28.5 Å². The zero-order chi connectivity index (χ0) is 21.5. The molecule has 0 aliphatic carbocycles. The molecule has 1 atom stereocenters. The van der Waals surface area contributed by atoms with Crippen molar-refractivity contribution in [3.05, 3.63) is 72.9 Å². The summed E-state index contributed by atoms with van der Waals surface area (Å²) >= 11 is 0. The lowest BCUT2D eigenvalue weighted by Crippen LogP contribution is -2.43. The molecule has 3 rings (SSSR count). The van der Waals surface area contributed by atoms with Crippen LogP contribution in [0.5, 0.6) is 0 Å². The Morgan fingerprint density at radius 1 is 1.33 bits per heavy atom. The second kappa shape index (κ2) is 9.84. The lowest BCUT2D eigenvalue weighted by molar-refractivity contribution is 0.102. The summed E-state index contributed by atoms with van der Waals surface area (Å²) in [5, 5.41) is 2.93. The predicted molar refractivity (Wildman–Crippen MR) is 123 cm³/mol. The van der Waals surface area contributed by atoms with Gasteiger partial charge in [-0.15, -0.1) is 0 Å². The predicted octanol–water partition coefficient (Wildman–Crippen LogP) is 3.38. The average Bonchev–Trinajstić information content (AvgIpc) is 2.74. The molecular weight excluding hydrogens is 376 g/mol. The Kier molecular flexibility index (Phi) is 6.98. The normalized spacial score (nSPS) is 17.2. The van der Waals surface area contributed by atoms with Gasteiger partial charge in [0, 0.05) is 25.3 Å². The quantitative estimate of drug-likeness (QED) is 0.637. The number of nitrogens with one attached hydrogen (secondary N) is 1. The van der Waals surface area contributed by atoms with Gasteiger partial charge in [0.1, 0.15) is 0 Å². The molecule has 7 heteroatoms. The number of aromatic nitrogens is 2. The highest BCUT2D eigenvalue weighted by molar-refractivity contribution is 6.07. The summed E-state index contributed by atoms with van der Waals surface area (Å²) in [6.07, 6.45) is 12.7. The molecule has 0 bridgehead atoms. The first-order valence-corrected chi connectivity index (χ1v) is 9.98. The van der Waals surface area contributed by atoms with Crippen LogP contribution in [0.4, 0.5) is 17.1 Å². The van der Waals surface area contributed by atoms with Crippen molar-refractivity contribution in [3.8, 4) is 0 Å². The molecule has 3 heterocycles. The molecule has 0 radical (unpaired) electrons. The van der Waals surface area contributed by atoms with Crippen LogP contribution in [-0.2, 0) is 0 Å². The monoisotopic (exact) mass is 404 g/mol. The number of piperidine rings is 1. The van der Waals surface area contributed by atoms with Crippen LogP contribution < -0.4 is 21.7 Å². The number of nitrogen functional groups attached to an aromatic ring is 1. The number of carbonyl (C=O) groups excluding carboxylic acids is 1. The molecule has 0 saturated carbocycles. The topological polar surface area (TPSA) is 110 Å². The van der Waals surface area contributed by atoms with Crippen molar-refractivity contribution in [1.82, 2.24) is 9.97 Å². The largest absolute Gasteiger partial charge is 0.397 e. The number of carbonyl (C=O) groups is 1. The molecule has 1 saturated heterocycles. The first-order chi connectivity index (χ1) is 14.5. The van der Waals surface area contributed by atoms with Gasteiger partial charge < -0.3 is 21.7 Å². The zero-order valence-electron chi connectivity index (χ0n) is 17.2. The highest BCUT2D eigenvalue weighted by Crippen LogP contribution is 2.28. The van der Waals surface area contributed by atoms with E-state index in [2.05, 4.69) is 26.8 Å². The van der Waals surface area contributed by atoms with Crippen molar-refractivity contribution < 1.29 is 4.79 Å². The lowest BCUT2D eigenvalue weighted by atomic mass is 10.1. The molecule has 1 amide bonds. The maximum Gasteiger partial charge on any atom is 0.276 e. The number of pyridine rings is 2. The summed E-state index contributed by atoms with van der Waals surface area (Å²) in [7, 11) is 0. The Morgan fingerprint density at radius 3 is 2.93 bits per heavy atom. The van der Waals surface area contributed by atoms with Crippen molar-refractivity contribution in [2.24, 2.45) is 5.73 Å². The van der Waals surface area contributed by atoms with Crippen LogP contribution in [0.15, 0.2) is 61.5 Å². The van der Waals surface area contributed by atoms with Crippen LogP contribution >= 0.6 is 0 Å². The van der Waals surface area contributed by atoms with Gasteiger partial charge in [0.25, 0.3) is 5.91 Å². The van der Waals surface area contributed by atoms with Crippen molar-refractivity contribution in [2.45, 2.75) is 25.8 Å². The molecule has 5 N–H and O–H groups in total. The van der Waals surface area contributed by atoms with E-state index in [9.17, 15) is 4.79 Å². The second-order valence-corrected chi connectivity index (χ2v) is 7.30. The lowest BCUT2D eigenvalue weighted by Gasteiger charge is -2.33. The van der Waals surface area contributed by atoms with Crippen LogP contribution in [0.25, 0.3) is 5.57 Å². The molecule has 0 aromatic carbocycles. The number of allylic oxidation sites excluding steroid dienone is 5. The van der Waals surface area contributed by atoms with Gasteiger partial charge in [0.2, 0.25) is 0 Å². The fourth-order valence-corrected chi connectivity index (χ4v) is 3.40. The van der Waals surface area contributed by atoms with E-state index in [1.165, 1.54) is 0 Å². The van der Waals surface area contributed by atoms with Gasteiger partial charge in [-0.25, -0.2) is 4.98 Å². The van der Waals surface area contributed by atoms with Gasteiger partial charge in [-0.1, -0.05) is 30.9 Å². The summed E-state index contributed by atoms with van der Waals surface area (Å²) in [5.41, 5.74) is 15.8. The second-order valence-electron chi connectivity index (χ2n) is 7.30. The minimum atomic E-state index is -0.376. The van der Waals surface area contributed by atoms with Gasteiger partial charge in [-0.2, -0.15) is 0 Å². The highest BCUT2D eigenvalue weighted by atomic mass is 16.1. The Bertz CT molecular complexity index is 981. The molecule has 1 aliphatic heterocycles. The van der Waals surface area contributed by atoms with E-state index in [1.54, 1.807) is 30.6 Å². The van der Waals surface area contributed by atoms with Crippen LogP contribution in [0.1, 0.15) is 35.9 Å². The standard InChI is InChI=1S/C23H28N6O/c1-3-4-5-7-16(2)19-10-9-18(25)22(27-19)23(30)28-20-14-26-12-11-21(20)29-13-6-8-17(24)15-29/h3-5,7,9-12,14,17H,1,6,8,13,15,24-25H2,2H3,(H,28,30)/b5-4-,16-7+/t17-/m0/s1. The van der Waals surface area contributed by atoms with E-state index in [4.69, 9.17) is 11.5 Å². The summed E-state index contributed by atoms with van der Waals surface area (Å²) < 4.78 is 0. The minimum Gasteiger partial charge on any atom is -0.397 e. The first kappa shape index (κ1) is 21.3. The maximum atomic E-state index is 13.0. The number of hydrogen-bond acceptors (Lipinski definition) is 6. The third-order valence-electron chi connectivity index (χ3n) is 4.98. The number of amides is 1. The van der Waals surface area contributed by atoms with Gasteiger partial charge in [-0.05, 0) is 43.5 Å². The molecule has 30 heavy (non-hydrogen) atoms. The maximum absolute atomic E-state index is 13.0. The van der Waals surface area contributed by atoms with Crippen LogP contribution in [0.2, 0.25) is 0 Å². The molecule has 0 unspecified atom stereocenters. The molecule has 2 aromatic heterocycles. The summed E-state index contributed by atoms with van der Waals surface area (Å²) in [5.74, 6) is -0.376.